The zero-order valence-corrected chi connectivity index (χ0v) is 6.42. The van der Waals surface area contributed by atoms with Crippen LogP contribution < -0.4 is 5.73 Å². The van der Waals surface area contributed by atoms with Gasteiger partial charge in [0.1, 0.15) is 0 Å². The summed E-state index contributed by atoms with van der Waals surface area (Å²) in [6.07, 6.45) is 4.79. The van der Waals surface area contributed by atoms with Crippen molar-refractivity contribution < 1.29 is 5.11 Å². The van der Waals surface area contributed by atoms with Crippen LogP contribution in [0.4, 0.5) is 0 Å². The molecule has 2 nitrogen and oxygen atoms in total. The van der Waals surface area contributed by atoms with Crippen molar-refractivity contribution in [1.82, 2.24) is 0 Å². The first-order valence-corrected chi connectivity index (χ1v) is 4.19. The smallest absolute Gasteiger partial charge is 0.0431 e. The number of rotatable bonds is 5. The van der Waals surface area contributed by atoms with E-state index < -0.39 is 0 Å². The Kier molecular flexibility index (Phi) is 3.16. The lowest BCUT2D eigenvalue weighted by atomic mass is 9.98. The molecule has 0 aromatic heterocycles. The normalized spacial score (nSPS) is 21.0. The first-order chi connectivity index (χ1) is 4.88. The molecule has 10 heavy (non-hydrogen) atoms. The fourth-order valence-corrected chi connectivity index (χ4v) is 1.47. The number of nitrogens with two attached hydrogens (primary N) is 1. The average molecular weight is 143 g/mol. The van der Waals surface area contributed by atoms with Crippen LogP contribution in [-0.4, -0.2) is 18.3 Å². The second-order valence-electron chi connectivity index (χ2n) is 3.20. The zero-order chi connectivity index (χ0) is 7.40. The van der Waals surface area contributed by atoms with Gasteiger partial charge in [0.25, 0.3) is 0 Å². The topological polar surface area (TPSA) is 46.2 Å². The summed E-state index contributed by atoms with van der Waals surface area (Å²) in [7, 11) is 0. The van der Waals surface area contributed by atoms with Crippen LogP contribution in [0.1, 0.15) is 25.7 Å². The molecule has 0 aromatic rings. The van der Waals surface area contributed by atoms with E-state index in [1.807, 2.05) is 0 Å². The lowest BCUT2D eigenvalue weighted by molar-refractivity contribution is 0.267. The van der Waals surface area contributed by atoms with Gasteiger partial charge in [0.15, 0.2) is 0 Å². The molecule has 0 aliphatic heterocycles. The molecule has 0 amide bonds. The molecule has 1 rings (SSSR count). The first kappa shape index (κ1) is 8.02. The lowest BCUT2D eigenvalue weighted by Gasteiger charge is -2.11. The number of aliphatic hydroxyl groups excluding tert-OH is 1. The fourth-order valence-electron chi connectivity index (χ4n) is 1.47. The summed E-state index contributed by atoms with van der Waals surface area (Å²) in [5.41, 5.74) is 5.57. The Hall–Kier alpha value is -0.0800. The monoisotopic (exact) mass is 143 g/mol. The van der Waals surface area contributed by atoms with Gasteiger partial charge in [-0.3, -0.25) is 0 Å². The van der Waals surface area contributed by atoms with Crippen LogP contribution in [0.2, 0.25) is 0 Å². The van der Waals surface area contributed by atoms with Gasteiger partial charge in [-0.2, -0.15) is 0 Å². The minimum absolute atomic E-state index is 0.323. The van der Waals surface area contributed by atoms with E-state index in [0.29, 0.717) is 12.5 Å². The van der Waals surface area contributed by atoms with E-state index in [1.165, 1.54) is 12.8 Å². The van der Waals surface area contributed by atoms with Crippen LogP contribution in [0.25, 0.3) is 0 Å². The third-order valence-corrected chi connectivity index (χ3v) is 2.32. The molecule has 1 fully saturated rings. The predicted octanol–water partition coefficient (Wildman–Crippen LogP) is 0.744. The Morgan fingerprint density at radius 2 is 2.20 bits per heavy atom. The van der Waals surface area contributed by atoms with Crippen molar-refractivity contribution in [1.29, 1.82) is 0 Å². The molecule has 0 spiro atoms. The molecule has 1 saturated carbocycles. The summed E-state index contributed by atoms with van der Waals surface area (Å²) in [5.74, 6) is 1.60. The molecular formula is C8H17NO. The van der Waals surface area contributed by atoms with Crippen molar-refractivity contribution >= 4 is 0 Å². The summed E-state index contributed by atoms with van der Waals surface area (Å²) in [5, 5.41) is 8.57. The van der Waals surface area contributed by atoms with Crippen molar-refractivity contribution in [3.05, 3.63) is 0 Å². The zero-order valence-electron chi connectivity index (χ0n) is 6.42. The first-order valence-electron chi connectivity index (χ1n) is 4.19. The van der Waals surface area contributed by atoms with Crippen LogP contribution in [0, 0.1) is 11.8 Å². The van der Waals surface area contributed by atoms with Crippen molar-refractivity contribution in [2.75, 3.05) is 13.2 Å². The fraction of sp³-hybridized carbons (Fsp3) is 1.00. The maximum atomic E-state index is 8.57. The van der Waals surface area contributed by atoms with Gasteiger partial charge in [0.2, 0.25) is 0 Å². The Balaban J connectivity index is 2.07. The van der Waals surface area contributed by atoms with E-state index in [-0.39, 0.29) is 0 Å². The maximum absolute atomic E-state index is 8.57. The number of hydrogen-bond donors (Lipinski definition) is 2. The van der Waals surface area contributed by atoms with E-state index in [0.717, 1.165) is 25.3 Å². The maximum Gasteiger partial charge on any atom is 0.0431 e. The molecule has 1 atom stereocenters. The minimum Gasteiger partial charge on any atom is -0.396 e. The molecule has 60 valence electrons. The van der Waals surface area contributed by atoms with E-state index in [1.54, 1.807) is 0 Å². The molecule has 1 aliphatic carbocycles. The van der Waals surface area contributed by atoms with Gasteiger partial charge in [-0.05, 0) is 44.1 Å². The molecule has 0 bridgehead atoms. The summed E-state index contributed by atoms with van der Waals surface area (Å²) >= 11 is 0. The van der Waals surface area contributed by atoms with Crippen LogP contribution >= 0.6 is 0 Å². The van der Waals surface area contributed by atoms with E-state index in [2.05, 4.69) is 0 Å². The molecule has 0 saturated heterocycles. The molecule has 0 aromatic carbocycles. The van der Waals surface area contributed by atoms with Gasteiger partial charge < -0.3 is 10.8 Å². The SMILES string of the molecule is NCC(CCCO)C1CC1. The highest BCUT2D eigenvalue weighted by Crippen LogP contribution is 2.38. The Morgan fingerprint density at radius 1 is 1.50 bits per heavy atom. The van der Waals surface area contributed by atoms with Gasteiger partial charge in [-0.1, -0.05) is 0 Å². The summed E-state index contributed by atoms with van der Waals surface area (Å²) in [4.78, 5) is 0. The standard InChI is InChI=1S/C8H17NO/c9-6-8(2-1-5-10)7-3-4-7/h7-8,10H,1-6,9H2. The van der Waals surface area contributed by atoms with Gasteiger partial charge in [-0.25, -0.2) is 0 Å². The third kappa shape index (κ3) is 2.27. The van der Waals surface area contributed by atoms with Gasteiger partial charge in [-0.15, -0.1) is 0 Å². The Bertz CT molecular complexity index is 91.3. The van der Waals surface area contributed by atoms with Gasteiger partial charge in [0.05, 0.1) is 0 Å². The van der Waals surface area contributed by atoms with Crippen molar-refractivity contribution in [2.45, 2.75) is 25.7 Å². The third-order valence-electron chi connectivity index (χ3n) is 2.32. The quantitative estimate of drug-likeness (QED) is 0.596. The van der Waals surface area contributed by atoms with Gasteiger partial charge >= 0.3 is 0 Å². The van der Waals surface area contributed by atoms with E-state index in [4.69, 9.17) is 10.8 Å². The molecule has 0 heterocycles. The Morgan fingerprint density at radius 3 is 2.60 bits per heavy atom. The second-order valence-corrected chi connectivity index (χ2v) is 3.20. The molecule has 1 unspecified atom stereocenters. The molecule has 1 aliphatic rings. The molecule has 0 radical (unpaired) electrons. The number of aliphatic hydroxyl groups is 1. The molecule has 3 N–H and O–H groups in total. The highest BCUT2D eigenvalue weighted by molar-refractivity contribution is 4.81. The second kappa shape index (κ2) is 3.94. The van der Waals surface area contributed by atoms with E-state index >= 15 is 0 Å². The minimum atomic E-state index is 0.323. The van der Waals surface area contributed by atoms with E-state index in [9.17, 15) is 0 Å². The summed E-state index contributed by atoms with van der Waals surface area (Å²) < 4.78 is 0. The largest absolute Gasteiger partial charge is 0.396 e. The van der Waals surface area contributed by atoms with Crippen molar-refractivity contribution in [3.63, 3.8) is 0 Å². The highest BCUT2D eigenvalue weighted by Gasteiger charge is 2.29. The average Bonchev–Trinajstić information content (AvgIpc) is 2.73. The van der Waals surface area contributed by atoms with Crippen LogP contribution in [-0.2, 0) is 0 Å². The van der Waals surface area contributed by atoms with Crippen molar-refractivity contribution in [3.8, 4) is 0 Å². The summed E-state index contributed by atoms with van der Waals surface area (Å²) in [6.45, 7) is 1.13. The number of hydrogen-bond acceptors (Lipinski definition) is 2. The predicted molar refractivity (Wildman–Crippen MR) is 41.6 cm³/mol. The summed E-state index contributed by atoms with van der Waals surface area (Å²) in [6, 6.07) is 0. The molecule has 2 heteroatoms. The Labute approximate surface area is 62.4 Å². The highest BCUT2D eigenvalue weighted by atomic mass is 16.2. The van der Waals surface area contributed by atoms with Crippen molar-refractivity contribution in [2.24, 2.45) is 17.6 Å². The van der Waals surface area contributed by atoms with Crippen LogP contribution in [0.5, 0.6) is 0 Å². The van der Waals surface area contributed by atoms with Crippen LogP contribution in [0.3, 0.4) is 0 Å². The van der Waals surface area contributed by atoms with Gasteiger partial charge in [0, 0.05) is 6.61 Å². The molecular weight excluding hydrogens is 126 g/mol. The lowest BCUT2D eigenvalue weighted by Crippen LogP contribution is -2.16. The van der Waals surface area contributed by atoms with Crippen LogP contribution in [0.15, 0.2) is 0 Å².